The van der Waals surface area contributed by atoms with Gasteiger partial charge in [0.2, 0.25) is 0 Å². The Hall–Kier alpha value is -2.52. The summed E-state index contributed by atoms with van der Waals surface area (Å²) in [7, 11) is 0. The molecule has 0 radical (unpaired) electrons. The first kappa shape index (κ1) is 43.5. The number of hydrogen-bond acceptors (Lipinski definition) is 8. The van der Waals surface area contributed by atoms with Crippen molar-refractivity contribution in [2.24, 2.45) is 5.92 Å². The maximum absolute atomic E-state index is 12.2. The minimum absolute atomic E-state index is 0.00237. The topological polar surface area (TPSA) is 134 Å². The van der Waals surface area contributed by atoms with Crippen molar-refractivity contribution in [2.75, 3.05) is 13.2 Å². The molecule has 0 fully saturated rings. The highest BCUT2D eigenvalue weighted by Crippen LogP contribution is 2.15. The quantitative estimate of drug-likeness (QED) is 0.0289. The number of aliphatic hydroxyl groups excluding tert-OH is 4. The first-order chi connectivity index (χ1) is 22.2. The van der Waals surface area contributed by atoms with Crippen LogP contribution in [0.15, 0.2) is 60.8 Å². The van der Waals surface area contributed by atoms with Gasteiger partial charge >= 0.3 is 11.9 Å². The molecule has 8 nitrogen and oxygen atoms in total. The molecule has 0 heterocycles. The molecule has 0 rings (SSSR count). The fraction of sp³-hybridized carbons (Fsp3) is 0.684. The number of carbonyl (C=O) groups excluding carboxylic acids is 2. The Balaban J connectivity index is 4.02. The molecule has 46 heavy (non-hydrogen) atoms. The maximum Gasteiger partial charge on any atom is 0.306 e. The molecule has 0 amide bonds. The number of rotatable bonds is 29. The molecule has 0 bridgehead atoms. The van der Waals surface area contributed by atoms with Gasteiger partial charge in [-0.15, -0.1) is 0 Å². The summed E-state index contributed by atoms with van der Waals surface area (Å²) in [6.45, 7) is 5.95. The summed E-state index contributed by atoms with van der Waals surface area (Å²) < 4.78 is 10.4. The van der Waals surface area contributed by atoms with Crippen molar-refractivity contribution in [3.8, 4) is 0 Å². The Morgan fingerprint density at radius 3 is 1.91 bits per heavy atom. The number of hydrogen-bond donors (Lipinski definition) is 4. The fourth-order valence-corrected chi connectivity index (χ4v) is 4.52. The van der Waals surface area contributed by atoms with E-state index in [0.29, 0.717) is 12.8 Å². The third kappa shape index (κ3) is 27.8. The van der Waals surface area contributed by atoms with Crippen molar-refractivity contribution in [3.63, 3.8) is 0 Å². The van der Waals surface area contributed by atoms with E-state index in [4.69, 9.17) is 9.47 Å². The summed E-state index contributed by atoms with van der Waals surface area (Å²) in [5, 5.41) is 39.6. The van der Waals surface area contributed by atoms with Crippen molar-refractivity contribution in [2.45, 2.75) is 148 Å². The lowest BCUT2D eigenvalue weighted by Gasteiger charge is -2.17. The van der Waals surface area contributed by atoms with Crippen molar-refractivity contribution in [3.05, 3.63) is 60.8 Å². The Morgan fingerprint density at radius 1 is 0.696 bits per heavy atom. The van der Waals surface area contributed by atoms with Gasteiger partial charge in [-0.25, -0.2) is 0 Å². The molecule has 264 valence electrons. The minimum atomic E-state index is -1.09. The summed E-state index contributed by atoms with van der Waals surface area (Å²) in [6, 6.07) is 0. The maximum atomic E-state index is 12.2. The van der Waals surface area contributed by atoms with Crippen molar-refractivity contribution < 1.29 is 39.5 Å². The van der Waals surface area contributed by atoms with E-state index in [2.05, 4.69) is 13.8 Å². The van der Waals surface area contributed by atoms with Gasteiger partial charge in [0, 0.05) is 12.8 Å². The average Bonchev–Trinajstić information content (AvgIpc) is 3.04. The van der Waals surface area contributed by atoms with Crippen LogP contribution in [-0.2, 0) is 19.1 Å². The SMILES string of the molecule is CC/C=C\C[C@H](O)/C=C/C=C/C=C\C=C/[C@@H](O)[C@H](O)CCCC(=O)O[C@@H](CO)COC(=O)CCCCCCCCCCC(C)CC. The van der Waals surface area contributed by atoms with E-state index in [1.54, 1.807) is 42.5 Å². The first-order valence-electron chi connectivity index (χ1n) is 17.6. The first-order valence-corrected chi connectivity index (χ1v) is 17.6. The standard InChI is InChI=1S/C38H64O8/c1-4-6-17-24-33(40)25-19-14-11-12-15-20-26-35(41)36(42)27-22-29-38(44)46-34(30-39)31-45-37(43)28-21-16-10-8-7-9-13-18-23-32(3)5-2/h6,11-12,14-15,17,19-20,25-26,32-36,39-42H,4-5,7-10,13,16,18,21-24,27-31H2,1-3H3/b14-11+,15-12-,17-6-,25-19+,26-20-/t32?,33-,34-,35+,36+/m0/s1. The van der Waals surface area contributed by atoms with Crippen LogP contribution in [0.2, 0.25) is 0 Å². The van der Waals surface area contributed by atoms with Gasteiger partial charge in [0.15, 0.2) is 6.10 Å². The highest BCUT2D eigenvalue weighted by atomic mass is 16.6. The molecular weight excluding hydrogens is 584 g/mol. The third-order valence-corrected chi connectivity index (χ3v) is 7.71. The number of unbranched alkanes of at least 4 members (excludes halogenated alkanes) is 7. The molecule has 0 aromatic heterocycles. The van der Waals surface area contributed by atoms with E-state index < -0.39 is 37.0 Å². The van der Waals surface area contributed by atoms with Crippen LogP contribution in [0.25, 0.3) is 0 Å². The third-order valence-electron chi connectivity index (χ3n) is 7.71. The Kier molecular flexibility index (Phi) is 29.4. The minimum Gasteiger partial charge on any atom is -0.462 e. The van der Waals surface area contributed by atoms with E-state index in [0.717, 1.165) is 31.6 Å². The Morgan fingerprint density at radius 2 is 1.28 bits per heavy atom. The molecule has 0 aliphatic heterocycles. The lowest BCUT2D eigenvalue weighted by atomic mass is 9.99. The van der Waals surface area contributed by atoms with Gasteiger partial charge in [0.05, 0.1) is 24.9 Å². The molecule has 0 saturated heterocycles. The van der Waals surface area contributed by atoms with Gasteiger partial charge in [0.25, 0.3) is 0 Å². The number of ether oxygens (including phenoxy) is 2. The van der Waals surface area contributed by atoms with Crippen LogP contribution < -0.4 is 0 Å². The summed E-state index contributed by atoms with van der Waals surface area (Å²) in [5.74, 6) is -0.101. The van der Waals surface area contributed by atoms with Crippen LogP contribution in [0, 0.1) is 5.92 Å². The second kappa shape index (κ2) is 31.1. The van der Waals surface area contributed by atoms with Gasteiger partial charge in [-0.3, -0.25) is 9.59 Å². The van der Waals surface area contributed by atoms with E-state index in [1.807, 2.05) is 19.1 Å². The lowest BCUT2D eigenvalue weighted by molar-refractivity contribution is -0.161. The summed E-state index contributed by atoms with van der Waals surface area (Å²) >= 11 is 0. The van der Waals surface area contributed by atoms with Crippen LogP contribution >= 0.6 is 0 Å². The van der Waals surface area contributed by atoms with Crippen LogP contribution in [0.4, 0.5) is 0 Å². The Bertz CT molecular complexity index is 891. The number of aliphatic hydroxyl groups is 4. The average molecular weight is 649 g/mol. The molecule has 0 saturated carbocycles. The zero-order valence-corrected chi connectivity index (χ0v) is 28.8. The molecule has 4 N–H and O–H groups in total. The molecule has 0 aliphatic carbocycles. The van der Waals surface area contributed by atoms with Crippen LogP contribution in [-0.4, -0.2) is 70.0 Å². The van der Waals surface area contributed by atoms with E-state index in [-0.39, 0.29) is 31.8 Å². The fourth-order valence-electron chi connectivity index (χ4n) is 4.52. The summed E-state index contributed by atoms with van der Waals surface area (Å²) in [4.78, 5) is 24.2. The predicted molar refractivity (Wildman–Crippen MR) is 186 cm³/mol. The Labute approximate surface area is 279 Å². The molecule has 0 spiro atoms. The molecule has 0 aromatic carbocycles. The zero-order chi connectivity index (χ0) is 34.3. The highest BCUT2D eigenvalue weighted by molar-refractivity contribution is 5.70. The lowest BCUT2D eigenvalue weighted by Crippen LogP contribution is -2.29. The number of allylic oxidation sites excluding steroid dienone is 7. The largest absolute Gasteiger partial charge is 0.462 e. The van der Waals surface area contributed by atoms with Crippen molar-refractivity contribution >= 4 is 11.9 Å². The predicted octanol–water partition coefficient (Wildman–Crippen LogP) is 7.21. The monoisotopic (exact) mass is 648 g/mol. The van der Waals surface area contributed by atoms with Crippen LogP contribution in [0.5, 0.6) is 0 Å². The summed E-state index contributed by atoms with van der Waals surface area (Å²) in [5.41, 5.74) is 0. The van der Waals surface area contributed by atoms with Gasteiger partial charge in [-0.1, -0.05) is 139 Å². The highest BCUT2D eigenvalue weighted by Gasteiger charge is 2.18. The number of esters is 2. The van der Waals surface area contributed by atoms with E-state index >= 15 is 0 Å². The van der Waals surface area contributed by atoms with Gasteiger partial charge in [0.1, 0.15) is 6.61 Å². The second-order valence-corrected chi connectivity index (χ2v) is 12.0. The normalized spacial score (nSPS) is 15.7. The zero-order valence-electron chi connectivity index (χ0n) is 28.8. The van der Waals surface area contributed by atoms with Gasteiger partial charge in [-0.05, 0) is 38.0 Å². The molecule has 5 atom stereocenters. The van der Waals surface area contributed by atoms with Gasteiger partial charge in [-0.2, -0.15) is 0 Å². The van der Waals surface area contributed by atoms with E-state index in [9.17, 15) is 30.0 Å². The molecule has 8 heteroatoms. The van der Waals surface area contributed by atoms with Crippen LogP contribution in [0.1, 0.15) is 124 Å². The van der Waals surface area contributed by atoms with Crippen molar-refractivity contribution in [1.29, 1.82) is 0 Å². The second-order valence-electron chi connectivity index (χ2n) is 12.0. The summed E-state index contributed by atoms with van der Waals surface area (Å²) in [6.07, 6.45) is 28.0. The molecular formula is C38H64O8. The van der Waals surface area contributed by atoms with E-state index in [1.165, 1.54) is 51.0 Å². The molecule has 1 unspecified atom stereocenters. The van der Waals surface area contributed by atoms with Crippen LogP contribution in [0.3, 0.4) is 0 Å². The number of carbonyl (C=O) groups is 2. The smallest absolute Gasteiger partial charge is 0.306 e. The molecule has 0 aromatic rings. The van der Waals surface area contributed by atoms with Gasteiger partial charge < -0.3 is 29.9 Å². The van der Waals surface area contributed by atoms with Crippen molar-refractivity contribution in [1.82, 2.24) is 0 Å². The molecule has 0 aliphatic rings.